The van der Waals surface area contributed by atoms with Crippen LogP contribution in [-0.2, 0) is 4.74 Å². The first-order valence-electron chi connectivity index (χ1n) is 6.87. The summed E-state index contributed by atoms with van der Waals surface area (Å²) in [6, 6.07) is 8.08. The van der Waals surface area contributed by atoms with Gasteiger partial charge >= 0.3 is 5.97 Å². The van der Waals surface area contributed by atoms with Crippen molar-refractivity contribution in [1.82, 2.24) is 0 Å². The van der Waals surface area contributed by atoms with E-state index in [2.05, 4.69) is 26.0 Å². The number of anilines is 1. The van der Waals surface area contributed by atoms with Gasteiger partial charge in [0.2, 0.25) is 0 Å². The molecule has 0 radical (unpaired) electrons. The van der Waals surface area contributed by atoms with E-state index in [1.165, 1.54) is 22.5 Å². The van der Waals surface area contributed by atoms with Crippen molar-refractivity contribution in [3.8, 4) is 10.4 Å². The van der Waals surface area contributed by atoms with Crippen LogP contribution in [0.1, 0.15) is 41.6 Å². The first-order valence-corrected chi connectivity index (χ1v) is 7.69. The molecule has 112 valence electrons. The molecule has 1 aromatic heterocycles. The molecule has 0 amide bonds. The number of nitrogen functional groups attached to an aromatic ring is 1. The van der Waals surface area contributed by atoms with Gasteiger partial charge in [-0.15, -0.1) is 11.3 Å². The number of carbonyl (C=O) groups excluding carboxylic acids is 1. The molecule has 0 saturated heterocycles. The van der Waals surface area contributed by atoms with E-state index in [1.54, 1.807) is 0 Å². The average Bonchev–Trinajstić information content (AvgIpc) is 2.73. The molecule has 4 heteroatoms. The number of thiophene rings is 1. The highest BCUT2D eigenvalue weighted by molar-refractivity contribution is 7.18. The molecule has 0 saturated carbocycles. The van der Waals surface area contributed by atoms with E-state index in [1.807, 2.05) is 32.9 Å². The molecule has 0 unspecified atom stereocenters. The third kappa shape index (κ3) is 3.64. The highest BCUT2D eigenvalue weighted by Gasteiger charge is 2.22. The van der Waals surface area contributed by atoms with Crippen LogP contribution in [0.5, 0.6) is 0 Å². The van der Waals surface area contributed by atoms with Crippen molar-refractivity contribution in [2.75, 3.05) is 5.73 Å². The Labute approximate surface area is 129 Å². The van der Waals surface area contributed by atoms with E-state index in [0.717, 1.165) is 10.4 Å². The van der Waals surface area contributed by atoms with E-state index < -0.39 is 5.60 Å². The largest absolute Gasteiger partial charge is 0.456 e. The molecule has 3 nitrogen and oxygen atoms in total. The Bertz CT molecular complexity index is 681. The number of nitrogens with two attached hydrogens (primary N) is 1. The van der Waals surface area contributed by atoms with Gasteiger partial charge in [0.1, 0.15) is 10.5 Å². The minimum absolute atomic E-state index is 0.361. The monoisotopic (exact) mass is 303 g/mol. The molecule has 0 atom stereocenters. The van der Waals surface area contributed by atoms with Crippen molar-refractivity contribution in [2.45, 2.75) is 40.2 Å². The van der Waals surface area contributed by atoms with Gasteiger partial charge in [0.05, 0.1) is 5.69 Å². The van der Waals surface area contributed by atoms with Crippen LogP contribution < -0.4 is 5.73 Å². The minimum Gasteiger partial charge on any atom is -0.456 e. The summed E-state index contributed by atoms with van der Waals surface area (Å²) < 4.78 is 5.39. The lowest BCUT2D eigenvalue weighted by Gasteiger charge is -2.18. The number of esters is 1. The van der Waals surface area contributed by atoms with Crippen LogP contribution in [0, 0.1) is 13.8 Å². The molecule has 0 aliphatic carbocycles. The van der Waals surface area contributed by atoms with E-state index in [0.29, 0.717) is 10.6 Å². The van der Waals surface area contributed by atoms with Crippen LogP contribution in [0.25, 0.3) is 10.4 Å². The van der Waals surface area contributed by atoms with E-state index in [4.69, 9.17) is 10.5 Å². The molecule has 2 rings (SSSR count). The number of rotatable bonds is 2. The fraction of sp³-hybridized carbons (Fsp3) is 0.353. The van der Waals surface area contributed by atoms with E-state index in [9.17, 15) is 4.79 Å². The zero-order chi connectivity index (χ0) is 15.8. The van der Waals surface area contributed by atoms with Crippen molar-refractivity contribution >= 4 is 23.0 Å². The van der Waals surface area contributed by atoms with Gasteiger partial charge in [0.25, 0.3) is 0 Å². The summed E-state index contributed by atoms with van der Waals surface area (Å²) in [6.45, 7) is 9.69. The lowest BCUT2D eigenvalue weighted by Crippen LogP contribution is -2.23. The van der Waals surface area contributed by atoms with E-state index in [-0.39, 0.29) is 5.97 Å². The molecule has 0 bridgehead atoms. The van der Waals surface area contributed by atoms with Crippen molar-refractivity contribution in [2.24, 2.45) is 0 Å². The van der Waals surface area contributed by atoms with Gasteiger partial charge in [-0.3, -0.25) is 0 Å². The van der Waals surface area contributed by atoms with Crippen LogP contribution in [0.3, 0.4) is 0 Å². The quantitative estimate of drug-likeness (QED) is 0.827. The minimum atomic E-state index is -0.520. The van der Waals surface area contributed by atoms with Gasteiger partial charge in [-0.25, -0.2) is 4.79 Å². The second-order valence-electron chi connectivity index (χ2n) is 6.20. The fourth-order valence-electron chi connectivity index (χ4n) is 1.93. The molecule has 0 aliphatic rings. The van der Waals surface area contributed by atoms with Crippen molar-refractivity contribution < 1.29 is 9.53 Å². The Balaban J connectivity index is 2.34. The molecule has 21 heavy (non-hydrogen) atoms. The molecule has 2 N–H and O–H groups in total. The third-order valence-electron chi connectivity index (χ3n) is 3.14. The van der Waals surface area contributed by atoms with Gasteiger partial charge in [-0.1, -0.05) is 18.2 Å². The predicted molar refractivity (Wildman–Crippen MR) is 88.8 cm³/mol. The predicted octanol–water partition coefficient (Wildman–Crippen LogP) is 4.57. The summed E-state index contributed by atoms with van der Waals surface area (Å²) in [4.78, 5) is 13.6. The Morgan fingerprint density at radius 3 is 2.38 bits per heavy atom. The van der Waals surface area contributed by atoms with E-state index >= 15 is 0 Å². The number of benzene rings is 1. The zero-order valence-electron chi connectivity index (χ0n) is 13.1. The normalized spacial score (nSPS) is 11.5. The van der Waals surface area contributed by atoms with Crippen molar-refractivity contribution in [3.63, 3.8) is 0 Å². The van der Waals surface area contributed by atoms with Crippen LogP contribution in [0.15, 0.2) is 24.3 Å². The topological polar surface area (TPSA) is 52.3 Å². The number of hydrogen-bond donors (Lipinski definition) is 1. The van der Waals surface area contributed by atoms with Gasteiger partial charge in [0, 0.05) is 4.88 Å². The molecule has 0 aliphatic heterocycles. The van der Waals surface area contributed by atoms with Crippen LogP contribution >= 0.6 is 11.3 Å². The second kappa shape index (κ2) is 5.53. The second-order valence-corrected chi connectivity index (χ2v) is 7.25. The summed E-state index contributed by atoms with van der Waals surface area (Å²) in [5.74, 6) is -0.361. The first-order chi connectivity index (χ1) is 9.67. The highest BCUT2D eigenvalue weighted by atomic mass is 32.1. The molecule has 1 heterocycles. The number of ether oxygens (including phenoxy) is 1. The van der Waals surface area contributed by atoms with Crippen LogP contribution in [0.2, 0.25) is 0 Å². The number of aryl methyl sites for hydroxylation is 2. The maximum atomic E-state index is 12.2. The van der Waals surface area contributed by atoms with Crippen LogP contribution in [-0.4, -0.2) is 11.6 Å². The van der Waals surface area contributed by atoms with Gasteiger partial charge in [-0.05, 0) is 57.4 Å². The lowest BCUT2D eigenvalue weighted by atomic mass is 10.1. The molecule has 1 aromatic carbocycles. The molecular weight excluding hydrogens is 282 g/mol. The average molecular weight is 303 g/mol. The highest BCUT2D eigenvalue weighted by Crippen LogP contribution is 2.35. The first kappa shape index (κ1) is 15.6. The Hall–Kier alpha value is -1.81. The summed E-state index contributed by atoms with van der Waals surface area (Å²) in [6.07, 6.45) is 0. The van der Waals surface area contributed by atoms with Crippen molar-refractivity contribution in [1.29, 1.82) is 0 Å². The Morgan fingerprint density at radius 2 is 1.81 bits per heavy atom. The maximum Gasteiger partial charge on any atom is 0.350 e. The smallest absolute Gasteiger partial charge is 0.350 e. The molecular formula is C17H21NO2S. The fourth-order valence-corrected chi connectivity index (χ4v) is 2.88. The number of carbonyl (C=O) groups is 1. The lowest BCUT2D eigenvalue weighted by molar-refractivity contribution is 0.00764. The summed E-state index contributed by atoms with van der Waals surface area (Å²) in [5, 5.41) is 0. The maximum absolute atomic E-state index is 12.2. The van der Waals surface area contributed by atoms with Crippen LogP contribution in [0.4, 0.5) is 5.69 Å². The van der Waals surface area contributed by atoms with Gasteiger partial charge in [-0.2, -0.15) is 0 Å². The molecule has 2 aromatic rings. The van der Waals surface area contributed by atoms with Crippen molar-refractivity contribution in [3.05, 3.63) is 40.3 Å². The van der Waals surface area contributed by atoms with Gasteiger partial charge < -0.3 is 10.5 Å². The Morgan fingerprint density at radius 1 is 1.14 bits per heavy atom. The zero-order valence-corrected chi connectivity index (χ0v) is 13.9. The van der Waals surface area contributed by atoms with Gasteiger partial charge in [0.15, 0.2) is 0 Å². The molecule has 0 fully saturated rings. The number of hydrogen-bond acceptors (Lipinski definition) is 4. The molecule has 0 spiro atoms. The Kier molecular flexibility index (Phi) is 4.10. The summed E-state index contributed by atoms with van der Waals surface area (Å²) >= 11 is 1.38. The standard InChI is InChI=1S/C17H21NO2S/c1-10-6-7-12(8-11(10)2)14-9-13(18)15(21-14)16(19)20-17(3,4)5/h6-9H,18H2,1-5H3. The summed E-state index contributed by atoms with van der Waals surface area (Å²) in [7, 11) is 0. The summed E-state index contributed by atoms with van der Waals surface area (Å²) in [5.41, 5.74) is 9.47. The SMILES string of the molecule is Cc1ccc(-c2cc(N)c(C(=O)OC(C)(C)C)s2)cc1C. The third-order valence-corrected chi connectivity index (χ3v) is 4.32.